The summed E-state index contributed by atoms with van der Waals surface area (Å²) in [5.41, 5.74) is 0. The Bertz CT molecular complexity index is 2610. The quantitative estimate of drug-likeness (QED) is 0.0346. The second-order valence-electron chi connectivity index (χ2n) is 26.4. The first kappa shape index (κ1) is 85.9. The van der Waals surface area contributed by atoms with Crippen molar-refractivity contribution in [3.05, 3.63) is 0 Å². The Hall–Kier alpha value is -2.70. The molecular formula is C58H100N2O43. The smallest absolute Gasteiger partial charge is 0.217 e. The number of rotatable bonds is 28. The third-order valence-electron chi connectivity index (χ3n) is 19.1. The van der Waals surface area contributed by atoms with Gasteiger partial charge in [-0.05, 0) is 20.8 Å². The molecule has 27 N–H and O–H groups in total. The maximum atomic E-state index is 13.5. The van der Waals surface area contributed by atoms with Gasteiger partial charge >= 0.3 is 0 Å². The van der Waals surface area contributed by atoms with Crippen molar-refractivity contribution in [1.82, 2.24) is 10.6 Å². The van der Waals surface area contributed by atoms with Crippen LogP contribution < -0.4 is 10.6 Å². The van der Waals surface area contributed by atoms with Crippen molar-refractivity contribution in [3.63, 3.8) is 0 Å². The fraction of sp³-hybridized carbons (Fsp3) is 0.966. The number of ether oxygens (including phenoxy) is 16. The minimum atomic E-state index is -2.48. The molecule has 8 rings (SSSR count). The number of nitrogens with one attached hydrogen (secondary N) is 2. The van der Waals surface area contributed by atoms with Gasteiger partial charge in [-0.2, -0.15) is 0 Å². The lowest BCUT2D eigenvalue weighted by Gasteiger charge is -2.52. The van der Waals surface area contributed by atoms with Crippen molar-refractivity contribution in [3.8, 4) is 0 Å². The second kappa shape index (κ2) is 37.3. The van der Waals surface area contributed by atoms with Crippen molar-refractivity contribution in [1.29, 1.82) is 0 Å². The van der Waals surface area contributed by atoms with E-state index in [4.69, 9.17) is 75.8 Å². The third-order valence-corrected chi connectivity index (χ3v) is 19.1. The zero-order valence-corrected chi connectivity index (χ0v) is 55.9. The van der Waals surface area contributed by atoms with Crippen LogP contribution in [0.3, 0.4) is 0 Å². The van der Waals surface area contributed by atoms with E-state index >= 15 is 0 Å². The largest absolute Gasteiger partial charge is 0.394 e. The van der Waals surface area contributed by atoms with Crippen molar-refractivity contribution >= 4 is 11.8 Å². The Kier molecular flexibility index (Phi) is 31.1. The highest BCUT2D eigenvalue weighted by atomic mass is 16.8. The van der Waals surface area contributed by atoms with E-state index in [-0.39, 0.29) is 0 Å². The van der Waals surface area contributed by atoms with Crippen molar-refractivity contribution < 1.29 is 213 Å². The van der Waals surface area contributed by atoms with Gasteiger partial charge in [0.05, 0.1) is 64.6 Å². The number of amides is 2. The molecule has 600 valence electrons. The minimum Gasteiger partial charge on any atom is -0.394 e. The summed E-state index contributed by atoms with van der Waals surface area (Å²) in [4.78, 5) is 26.8. The van der Waals surface area contributed by atoms with Gasteiger partial charge in [-0.1, -0.05) is 0 Å². The predicted molar refractivity (Wildman–Crippen MR) is 318 cm³/mol. The molecule has 0 radical (unpaired) electrons. The van der Waals surface area contributed by atoms with Crippen LogP contribution in [0.1, 0.15) is 34.6 Å². The average molecular weight is 1510 g/mol. The van der Waals surface area contributed by atoms with E-state index in [2.05, 4.69) is 10.6 Å². The first-order chi connectivity index (χ1) is 48.6. The highest BCUT2D eigenvalue weighted by molar-refractivity contribution is 5.73. The molecule has 0 aliphatic carbocycles. The van der Waals surface area contributed by atoms with Crippen LogP contribution in [-0.4, -0.2) is 456 Å². The summed E-state index contributed by atoms with van der Waals surface area (Å²) in [7, 11) is 0. The molecule has 103 heavy (non-hydrogen) atoms. The van der Waals surface area contributed by atoms with Gasteiger partial charge in [0.25, 0.3) is 0 Å². The Balaban J connectivity index is 1.14. The molecule has 0 spiro atoms. The molecule has 0 aromatic carbocycles. The summed E-state index contributed by atoms with van der Waals surface area (Å²) >= 11 is 0. The lowest BCUT2D eigenvalue weighted by atomic mass is 9.93. The van der Waals surface area contributed by atoms with E-state index in [1.165, 1.54) is 20.8 Å². The van der Waals surface area contributed by atoms with E-state index in [0.717, 1.165) is 13.8 Å². The number of aliphatic hydroxyl groups excluding tert-OH is 25. The molecule has 0 aromatic heterocycles. The van der Waals surface area contributed by atoms with E-state index < -0.39 is 328 Å². The van der Waals surface area contributed by atoms with Gasteiger partial charge in [-0.3, -0.25) is 9.59 Å². The van der Waals surface area contributed by atoms with Crippen LogP contribution in [-0.2, 0) is 85.4 Å². The molecule has 0 saturated carbocycles. The fourth-order valence-corrected chi connectivity index (χ4v) is 13.2. The highest BCUT2D eigenvalue weighted by Gasteiger charge is 2.61. The lowest BCUT2D eigenvalue weighted by molar-refractivity contribution is -0.399. The standard InChI is InChI=1S/C58H100N2O43/c1-13-27(72)33(78)37(82)53(88-13)96-43(18(70)6-61)44(19(71)7-62)97-57-41(86)49(31(76)21(9-64)92-57)102-52-26(60-17(5)69)48(101-55-39(84)35(80)29(74)15(3)90-55)46(24(12-67)95-52)99-58-42(87)50(32(77)22(10-65)93-58)103-51-25(59-16(4)68)47(100-54-38(83)34(79)28(73)14(2)89-54)45(23(11-66)94-51)98-56-40(85)36(81)30(75)20(8-63)91-56/h13-15,18-58,61-67,70-87H,6-12H2,1-5H3,(H,59,68)(H,60,69)/t13-,14-,15-,18-,19+,20+,21+,22+,23+,24+,25+,26+,27+,28+,29+,30-,31-,32-,33+,34+,35+,36-,37-,38-,39-,40+,41+,42+,43+,44+,45+,46+,47+,48+,49-,50-,51-,52-,53-,54-,55-,56-,57-,58-/m0/s1. The van der Waals surface area contributed by atoms with Gasteiger partial charge in [0.15, 0.2) is 50.3 Å². The lowest BCUT2D eigenvalue weighted by Crippen LogP contribution is -2.72. The summed E-state index contributed by atoms with van der Waals surface area (Å²) in [6.07, 6.45) is -85.5. The van der Waals surface area contributed by atoms with Gasteiger partial charge in [-0.25, -0.2) is 0 Å². The Morgan fingerprint density at radius 1 is 0.301 bits per heavy atom. The topological polar surface area (TPSA) is 712 Å². The molecule has 8 heterocycles. The van der Waals surface area contributed by atoms with Gasteiger partial charge < -0.3 is 214 Å². The zero-order chi connectivity index (χ0) is 76.2. The molecule has 8 saturated heterocycles. The van der Waals surface area contributed by atoms with Crippen LogP contribution in [0.2, 0.25) is 0 Å². The first-order valence-electron chi connectivity index (χ1n) is 33.1. The van der Waals surface area contributed by atoms with Crippen molar-refractivity contribution in [2.45, 2.75) is 305 Å². The van der Waals surface area contributed by atoms with E-state index in [1.54, 1.807) is 0 Å². The summed E-state index contributed by atoms with van der Waals surface area (Å²) in [6.45, 7) is -2.65. The molecule has 8 aliphatic rings. The predicted octanol–water partition coefficient (Wildman–Crippen LogP) is -17.6. The number of hydrogen-bond acceptors (Lipinski definition) is 43. The summed E-state index contributed by atoms with van der Waals surface area (Å²) < 4.78 is 95.4. The van der Waals surface area contributed by atoms with Crippen LogP contribution in [0.15, 0.2) is 0 Å². The molecule has 0 bridgehead atoms. The summed E-state index contributed by atoms with van der Waals surface area (Å²) in [5.74, 6) is -1.98. The van der Waals surface area contributed by atoms with Gasteiger partial charge in [0.1, 0.15) is 201 Å². The van der Waals surface area contributed by atoms with Crippen LogP contribution in [0.5, 0.6) is 0 Å². The van der Waals surface area contributed by atoms with Gasteiger partial charge in [0, 0.05) is 13.8 Å². The summed E-state index contributed by atoms with van der Waals surface area (Å²) in [5, 5.41) is 279. The number of carbonyl (C=O) groups is 2. The maximum absolute atomic E-state index is 13.5. The number of hydrogen-bond donors (Lipinski definition) is 27. The van der Waals surface area contributed by atoms with Crippen LogP contribution in [0.4, 0.5) is 0 Å². The van der Waals surface area contributed by atoms with E-state index in [1.807, 2.05) is 0 Å². The SMILES string of the molecule is CC(=O)N[C@H]1[C@H](O[C@H]2[C@@H](O)[C@@H](CO)O[C@@H](O[C@H]3[C@H](O[C@@H]4O[C@@H](C)[C@@H](O)[C@@H](O)[C@@H]4O)[C@@H](NC(C)=O)[C@H](O[C@H]4[C@@H](O)[C@@H](CO)O[C@@H](O[C@@H]([C@H](O[C@@H]5O[C@@H](C)[C@@H](O)[C@@H](O)[C@@H]5O)[C@@H](O)CO)[C@H](O)CO)[C@@H]4O)O[C@@H]3CO)[C@@H]2O)O[C@H](CO)[C@@H](O[C@@H]2O[C@H](CO)[C@H](O)[C@H](O)[C@H]2O)[C@@H]1O[C@@H]1O[C@@H](C)[C@@H](O)[C@@H](O)[C@@H]1O. The molecule has 8 fully saturated rings. The minimum absolute atomic E-state index is 0.913. The average Bonchev–Trinajstić information content (AvgIpc) is 0.760. The Labute approximate surface area is 585 Å². The molecule has 0 aromatic rings. The molecule has 45 nitrogen and oxygen atoms in total. The fourth-order valence-electron chi connectivity index (χ4n) is 13.2. The zero-order valence-electron chi connectivity index (χ0n) is 55.9. The summed E-state index contributed by atoms with van der Waals surface area (Å²) in [6, 6.07) is -4.01. The molecule has 45 heteroatoms. The Morgan fingerprint density at radius 3 is 0.893 bits per heavy atom. The molecule has 8 aliphatic heterocycles. The van der Waals surface area contributed by atoms with Crippen LogP contribution in [0.25, 0.3) is 0 Å². The molecule has 0 unspecified atom stereocenters. The van der Waals surface area contributed by atoms with Gasteiger partial charge in [0.2, 0.25) is 11.8 Å². The van der Waals surface area contributed by atoms with E-state index in [9.17, 15) is 137 Å². The molecule has 2 amide bonds. The second-order valence-corrected chi connectivity index (χ2v) is 26.4. The normalized spacial score (nSPS) is 49.1. The Morgan fingerprint density at radius 2 is 0.553 bits per heavy atom. The molecule has 44 atom stereocenters. The van der Waals surface area contributed by atoms with Crippen molar-refractivity contribution in [2.24, 2.45) is 0 Å². The molecular weight excluding hydrogens is 1410 g/mol. The number of carbonyl (C=O) groups excluding carboxylic acids is 2. The number of aliphatic hydroxyl groups is 25. The highest BCUT2D eigenvalue weighted by Crippen LogP contribution is 2.40. The van der Waals surface area contributed by atoms with Crippen LogP contribution in [0, 0.1) is 0 Å². The monoisotopic (exact) mass is 1510 g/mol. The van der Waals surface area contributed by atoms with Crippen molar-refractivity contribution in [2.75, 3.05) is 46.2 Å². The third kappa shape index (κ3) is 18.9. The van der Waals surface area contributed by atoms with Crippen LogP contribution >= 0.6 is 0 Å². The maximum Gasteiger partial charge on any atom is 0.217 e. The van der Waals surface area contributed by atoms with Gasteiger partial charge in [-0.15, -0.1) is 0 Å². The first-order valence-corrected chi connectivity index (χ1v) is 33.1. The van der Waals surface area contributed by atoms with E-state index in [0.29, 0.717) is 0 Å².